The fraction of sp³-hybridized carbons (Fsp3) is 0.111. The molecular formula is C18H14BrClN2O4. The van der Waals surface area contributed by atoms with Crippen LogP contribution >= 0.6 is 27.5 Å². The standard InChI is InChI=1S/C18H14BrClN2O4/c1-26-17(24)15-10-18(25,12-4-6-13(19)7-5-12)22(21-15)16(23)11-2-8-14(20)9-3-11/h2-10,21,25H,1H3/t18-/m0/s1. The highest BCUT2D eigenvalue weighted by Crippen LogP contribution is 2.34. The molecule has 0 unspecified atom stereocenters. The van der Waals surface area contributed by atoms with Crippen molar-refractivity contribution in [1.82, 2.24) is 10.4 Å². The predicted molar refractivity (Wildman–Crippen MR) is 98.9 cm³/mol. The second kappa shape index (κ2) is 7.11. The first-order valence-electron chi connectivity index (χ1n) is 7.51. The van der Waals surface area contributed by atoms with Crippen molar-refractivity contribution < 1.29 is 19.4 Å². The molecule has 1 atom stereocenters. The number of aliphatic hydroxyl groups is 1. The molecule has 0 fully saturated rings. The molecule has 0 bridgehead atoms. The minimum absolute atomic E-state index is 0.0415. The number of hydrogen-bond acceptors (Lipinski definition) is 5. The molecule has 0 saturated carbocycles. The minimum Gasteiger partial charge on any atom is -0.464 e. The second-order valence-corrected chi connectivity index (χ2v) is 6.89. The lowest BCUT2D eigenvalue weighted by Gasteiger charge is -2.32. The molecule has 1 heterocycles. The van der Waals surface area contributed by atoms with Gasteiger partial charge in [-0.1, -0.05) is 39.7 Å². The quantitative estimate of drug-likeness (QED) is 0.722. The molecule has 0 aliphatic carbocycles. The number of esters is 1. The number of hydrogen-bond donors (Lipinski definition) is 2. The van der Waals surface area contributed by atoms with Crippen molar-refractivity contribution >= 4 is 39.4 Å². The van der Waals surface area contributed by atoms with Crippen molar-refractivity contribution in [2.24, 2.45) is 0 Å². The Labute approximate surface area is 163 Å². The molecule has 1 amide bonds. The number of amides is 1. The molecule has 26 heavy (non-hydrogen) atoms. The van der Waals surface area contributed by atoms with Crippen LogP contribution in [-0.4, -0.2) is 29.1 Å². The van der Waals surface area contributed by atoms with Crippen molar-refractivity contribution in [3.8, 4) is 0 Å². The molecule has 2 aromatic carbocycles. The van der Waals surface area contributed by atoms with Gasteiger partial charge in [0.1, 0.15) is 5.70 Å². The summed E-state index contributed by atoms with van der Waals surface area (Å²) in [5, 5.41) is 12.7. The highest BCUT2D eigenvalue weighted by Gasteiger charge is 2.45. The van der Waals surface area contributed by atoms with Crippen LogP contribution in [0.5, 0.6) is 0 Å². The normalized spacial score (nSPS) is 18.9. The lowest BCUT2D eigenvalue weighted by Crippen LogP contribution is -2.51. The number of nitrogens with zero attached hydrogens (tertiary/aromatic N) is 1. The monoisotopic (exact) mass is 436 g/mol. The minimum atomic E-state index is -1.87. The van der Waals surface area contributed by atoms with Gasteiger partial charge in [-0.25, -0.2) is 9.80 Å². The number of ether oxygens (including phenoxy) is 1. The van der Waals surface area contributed by atoms with Gasteiger partial charge in [0.15, 0.2) is 0 Å². The summed E-state index contributed by atoms with van der Waals surface area (Å²) in [4.78, 5) is 24.8. The van der Waals surface area contributed by atoms with Crippen LogP contribution in [0.15, 0.2) is 64.8 Å². The SMILES string of the molecule is COC(=O)C1=C[C@](O)(c2ccc(Br)cc2)N(C(=O)c2ccc(Cl)cc2)N1. The number of halogens is 2. The molecule has 2 aromatic rings. The first-order chi connectivity index (χ1) is 12.3. The summed E-state index contributed by atoms with van der Waals surface area (Å²) in [7, 11) is 1.22. The Kier molecular flexibility index (Phi) is 5.04. The summed E-state index contributed by atoms with van der Waals surface area (Å²) in [6, 6.07) is 12.9. The van der Waals surface area contributed by atoms with E-state index < -0.39 is 17.6 Å². The molecule has 1 aliphatic heterocycles. The maximum absolute atomic E-state index is 12.9. The zero-order valence-corrected chi connectivity index (χ0v) is 15.9. The summed E-state index contributed by atoms with van der Waals surface area (Å²) in [5.74, 6) is -1.24. The highest BCUT2D eigenvalue weighted by molar-refractivity contribution is 9.10. The van der Waals surface area contributed by atoms with Crippen LogP contribution in [-0.2, 0) is 15.3 Å². The zero-order chi connectivity index (χ0) is 18.9. The summed E-state index contributed by atoms with van der Waals surface area (Å²) >= 11 is 9.19. The third-order valence-corrected chi connectivity index (χ3v) is 4.67. The van der Waals surface area contributed by atoms with Gasteiger partial charge in [-0.05, 0) is 36.4 Å². The van der Waals surface area contributed by atoms with Crippen LogP contribution < -0.4 is 5.43 Å². The maximum atomic E-state index is 12.9. The van der Waals surface area contributed by atoms with Crippen LogP contribution in [0.25, 0.3) is 0 Å². The van der Waals surface area contributed by atoms with Crippen LogP contribution in [0.1, 0.15) is 15.9 Å². The van der Waals surface area contributed by atoms with Gasteiger partial charge >= 0.3 is 5.97 Å². The van der Waals surface area contributed by atoms with E-state index in [1.807, 2.05) is 0 Å². The summed E-state index contributed by atoms with van der Waals surface area (Å²) in [5.41, 5.74) is 1.40. The first-order valence-corrected chi connectivity index (χ1v) is 8.68. The topological polar surface area (TPSA) is 78.9 Å². The molecule has 0 radical (unpaired) electrons. The van der Waals surface area contributed by atoms with E-state index in [4.69, 9.17) is 11.6 Å². The van der Waals surface area contributed by atoms with Gasteiger partial charge in [0.05, 0.1) is 7.11 Å². The average molecular weight is 438 g/mol. The largest absolute Gasteiger partial charge is 0.464 e. The molecule has 134 valence electrons. The van der Waals surface area contributed by atoms with Crippen molar-refractivity contribution in [1.29, 1.82) is 0 Å². The Hall–Kier alpha value is -2.35. The van der Waals surface area contributed by atoms with E-state index in [0.717, 1.165) is 9.48 Å². The van der Waals surface area contributed by atoms with E-state index in [1.165, 1.54) is 25.3 Å². The Balaban J connectivity index is 2.04. The summed E-state index contributed by atoms with van der Waals surface area (Å²) in [6.45, 7) is 0. The Morgan fingerprint density at radius 3 is 2.35 bits per heavy atom. The molecule has 2 N–H and O–H groups in total. The van der Waals surface area contributed by atoms with Gasteiger partial charge in [-0.3, -0.25) is 10.2 Å². The third kappa shape index (κ3) is 3.33. The number of nitrogens with one attached hydrogen (secondary N) is 1. The van der Waals surface area contributed by atoms with Crippen molar-refractivity contribution in [2.45, 2.75) is 5.72 Å². The number of rotatable bonds is 3. The maximum Gasteiger partial charge on any atom is 0.355 e. The van der Waals surface area contributed by atoms with E-state index in [9.17, 15) is 14.7 Å². The van der Waals surface area contributed by atoms with Gasteiger partial charge in [0.2, 0.25) is 5.72 Å². The number of carbonyl (C=O) groups is 2. The first kappa shape index (κ1) is 18.4. The number of carbonyl (C=O) groups excluding carboxylic acids is 2. The fourth-order valence-electron chi connectivity index (χ4n) is 2.55. The van der Waals surface area contributed by atoms with Gasteiger partial charge in [0, 0.05) is 26.7 Å². The van der Waals surface area contributed by atoms with Crippen molar-refractivity contribution in [2.75, 3.05) is 7.11 Å². The Bertz CT molecular complexity index is 883. The fourth-order valence-corrected chi connectivity index (χ4v) is 2.94. The second-order valence-electron chi connectivity index (χ2n) is 5.54. The van der Waals surface area contributed by atoms with Crippen LogP contribution in [0.3, 0.4) is 0 Å². The average Bonchev–Trinajstić information content (AvgIpc) is 3.00. The third-order valence-electron chi connectivity index (χ3n) is 3.89. The number of methoxy groups -OCH3 is 1. The molecule has 6 nitrogen and oxygen atoms in total. The molecule has 8 heteroatoms. The smallest absolute Gasteiger partial charge is 0.355 e. The van der Waals surface area contributed by atoms with Crippen molar-refractivity contribution in [3.05, 3.63) is 80.9 Å². The van der Waals surface area contributed by atoms with E-state index >= 15 is 0 Å². The molecule has 1 aliphatic rings. The van der Waals surface area contributed by atoms with E-state index in [2.05, 4.69) is 26.1 Å². The van der Waals surface area contributed by atoms with Gasteiger partial charge in [-0.2, -0.15) is 0 Å². The van der Waals surface area contributed by atoms with Gasteiger partial charge in [-0.15, -0.1) is 0 Å². The molecular weight excluding hydrogens is 424 g/mol. The molecule has 0 spiro atoms. The lowest BCUT2D eigenvalue weighted by atomic mass is 10.0. The van der Waals surface area contributed by atoms with Gasteiger partial charge < -0.3 is 9.84 Å². The van der Waals surface area contributed by atoms with E-state index in [1.54, 1.807) is 36.4 Å². The summed E-state index contributed by atoms with van der Waals surface area (Å²) in [6.07, 6.45) is 1.25. The van der Waals surface area contributed by atoms with Gasteiger partial charge in [0.25, 0.3) is 5.91 Å². The number of hydrazine groups is 1. The number of benzene rings is 2. The van der Waals surface area contributed by atoms with E-state index in [0.29, 0.717) is 10.6 Å². The zero-order valence-electron chi connectivity index (χ0n) is 13.6. The van der Waals surface area contributed by atoms with E-state index in [-0.39, 0.29) is 11.3 Å². The Morgan fingerprint density at radius 2 is 1.77 bits per heavy atom. The molecule has 0 aromatic heterocycles. The van der Waals surface area contributed by atoms with Crippen LogP contribution in [0.2, 0.25) is 5.02 Å². The summed E-state index contributed by atoms with van der Waals surface area (Å²) < 4.78 is 5.50. The lowest BCUT2D eigenvalue weighted by molar-refractivity contribution is -0.136. The Morgan fingerprint density at radius 1 is 1.15 bits per heavy atom. The van der Waals surface area contributed by atoms with Crippen molar-refractivity contribution in [3.63, 3.8) is 0 Å². The predicted octanol–water partition coefficient (Wildman–Crippen LogP) is 2.97. The van der Waals surface area contributed by atoms with Crippen LogP contribution in [0, 0.1) is 0 Å². The highest BCUT2D eigenvalue weighted by atomic mass is 79.9. The van der Waals surface area contributed by atoms with Crippen LogP contribution in [0.4, 0.5) is 0 Å². The molecule has 3 rings (SSSR count). The molecule has 0 saturated heterocycles.